The Labute approximate surface area is 131 Å². The maximum atomic E-state index is 11.6. The molecule has 4 rings (SSSR count). The van der Waals surface area contributed by atoms with Crippen LogP contribution in [0.15, 0.2) is 48.6 Å². The van der Waals surface area contributed by atoms with Gasteiger partial charge in [0.15, 0.2) is 0 Å². The fourth-order valence-corrected chi connectivity index (χ4v) is 2.58. The summed E-state index contributed by atoms with van der Waals surface area (Å²) in [5.74, 6) is 0.238. The van der Waals surface area contributed by atoms with Crippen LogP contribution in [-0.2, 0) is 4.79 Å². The Kier molecular flexibility index (Phi) is 2.60. The molecule has 0 aliphatic rings. The SMILES string of the molecule is C=C(C)C(=O)Oc1ccc2c(c1)n1n(-c3cc(C)ccc3O)n21. The fourth-order valence-electron chi connectivity index (χ4n) is 2.58. The molecule has 23 heavy (non-hydrogen) atoms. The van der Waals surface area contributed by atoms with Crippen molar-refractivity contribution in [2.75, 3.05) is 0 Å². The molecule has 6 nitrogen and oxygen atoms in total. The number of rotatable bonds is 3. The van der Waals surface area contributed by atoms with Crippen LogP contribution in [0.5, 0.6) is 11.5 Å². The topological polar surface area (TPSA) is 60.3 Å². The molecule has 0 fully saturated rings. The minimum Gasteiger partial charge on any atom is -0.506 e. The highest BCUT2D eigenvalue weighted by atomic mass is 16.5. The third kappa shape index (κ3) is 1.92. The second-order valence-electron chi connectivity index (χ2n) is 5.68. The van der Waals surface area contributed by atoms with Gasteiger partial charge < -0.3 is 9.84 Å². The lowest BCUT2D eigenvalue weighted by atomic mass is 10.2. The molecular weight excluding hydrogens is 294 g/mol. The number of ether oxygens (including phenoxy) is 1. The molecule has 0 aliphatic heterocycles. The van der Waals surface area contributed by atoms with Crippen LogP contribution >= 0.6 is 0 Å². The molecule has 0 aliphatic carbocycles. The molecule has 0 atom stereocenters. The lowest BCUT2D eigenvalue weighted by Crippen LogP contribution is -2.08. The Bertz CT molecular complexity index is 1060. The predicted molar refractivity (Wildman–Crippen MR) is 85.7 cm³/mol. The van der Waals surface area contributed by atoms with Crippen LogP contribution in [0.3, 0.4) is 0 Å². The van der Waals surface area contributed by atoms with E-state index in [0.717, 1.165) is 16.6 Å². The molecule has 0 radical (unpaired) electrons. The molecule has 2 aromatic carbocycles. The van der Waals surface area contributed by atoms with Gasteiger partial charge in [0.2, 0.25) is 0 Å². The number of hydrogen-bond acceptors (Lipinski definition) is 3. The first-order chi connectivity index (χ1) is 11.0. The van der Waals surface area contributed by atoms with Gasteiger partial charge in [0.1, 0.15) is 28.2 Å². The molecule has 0 unspecified atom stereocenters. The minimum atomic E-state index is -0.444. The standard InChI is InChI=1S/C17H15N3O3/c1-10(2)17(22)23-12-5-6-13-14(9-12)19-18(13)20(19)15-8-11(3)4-7-16(15)21/h4-9,21H,1H2,2-3H3. The van der Waals surface area contributed by atoms with Crippen molar-refractivity contribution < 1.29 is 14.6 Å². The molecule has 6 heteroatoms. The van der Waals surface area contributed by atoms with E-state index in [1.807, 2.05) is 39.2 Å². The van der Waals surface area contributed by atoms with E-state index in [2.05, 4.69) is 6.58 Å². The highest BCUT2D eigenvalue weighted by Crippen LogP contribution is 2.32. The Morgan fingerprint density at radius 2 is 1.87 bits per heavy atom. The summed E-state index contributed by atoms with van der Waals surface area (Å²) in [6, 6.07) is 10.9. The average molecular weight is 309 g/mol. The highest BCUT2D eigenvalue weighted by molar-refractivity contribution is 5.90. The van der Waals surface area contributed by atoms with E-state index in [1.165, 1.54) is 0 Å². The predicted octanol–water partition coefficient (Wildman–Crippen LogP) is 2.92. The van der Waals surface area contributed by atoms with E-state index in [1.54, 1.807) is 25.1 Å². The number of nitrogens with zero attached hydrogens (tertiary/aromatic N) is 3. The zero-order chi connectivity index (χ0) is 16.3. The largest absolute Gasteiger partial charge is 0.506 e. The Balaban J connectivity index is 1.75. The summed E-state index contributed by atoms with van der Waals surface area (Å²) in [6.45, 7) is 7.15. The number of aromatic hydroxyl groups is 1. The number of phenols is 1. The monoisotopic (exact) mass is 309 g/mol. The molecule has 0 saturated heterocycles. The summed E-state index contributed by atoms with van der Waals surface area (Å²) in [6.07, 6.45) is 0. The normalized spacial score (nSPS) is 11.6. The fraction of sp³-hybridized carbons (Fsp3) is 0.118. The first-order valence-corrected chi connectivity index (χ1v) is 7.19. The van der Waals surface area contributed by atoms with Crippen molar-refractivity contribution in [3.8, 4) is 17.2 Å². The van der Waals surface area contributed by atoms with Crippen LogP contribution in [0, 0.1) is 6.92 Å². The molecular formula is C17H15N3O3. The third-order valence-electron chi connectivity index (χ3n) is 3.79. The van der Waals surface area contributed by atoms with Crippen LogP contribution in [0.2, 0.25) is 0 Å². The van der Waals surface area contributed by atoms with Gasteiger partial charge >= 0.3 is 5.97 Å². The van der Waals surface area contributed by atoms with Crippen molar-refractivity contribution in [3.05, 3.63) is 54.1 Å². The van der Waals surface area contributed by atoms with Gasteiger partial charge in [0.05, 0.1) is 0 Å². The molecule has 1 N–H and O–H groups in total. The lowest BCUT2D eigenvalue weighted by molar-refractivity contribution is -0.130. The van der Waals surface area contributed by atoms with Gasteiger partial charge in [-0.15, -0.1) is 14.1 Å². The van der Waals surface area contributed by atoms with E-state index < -0.39 is 5.97 Å². The summed E-state index contributed by atoms with van der Waals surface area (Å²) >= 11 is 0. The van der Waals surface area contributed by atoms with Gasteiger partial charge in [-0.3, -0.25) is 0 Å². The molecule has 4 aromatic rings. The molecule has 0 amide bonds. The first-order valence-electron chi connectivity index (χ1n) is 7.19. The number of aromatic nitrogens is 3. The number of esters is 1. The number of fused-ring (bicyclic) bond motifs is 4. The number of hydrogen-bond donors (Lipinski definition) is 1. The molecule has 0 bridgehead atoms. The number of phenolic OH excluding ortho intramolecular Hbond substituents is 1. The molecule has 0 spiro atoms. The smallest absolute Gasteiger partial charge is 0.338 e. The van der Waals surface area contributed by atoms with E-state index in [-0.39, 0.29) is 5.75 Å². The number of carbonyl (C=O) groups is 1. The van der Waals surface area contributed by atoms with Crippen LogP contribution in [-0.4, -0.2) is 25.1 Å². The van der Waals surface area contributed by atoms with Crippen LogP contribution in [0.4, 0.5) is 0 Å². The Morgan fingerprint density at radius 3 is 2.61 bits per heavy atom. The zero-order valence-electron chi connectivity index (χ0n) is 12.8. The van der Waals surface area contributed by atoms with E-state index in [4.69, 9.17) is 4.74 Å². The van der Waals surface area contributed by atoms with Gasteiger partial charge in [0, 0.05) is 11.6 Å². The van der Waals surface area contributed by atoms with Gasteiger partial charge in [-0.1, -0.05) is 12.6 Å². The van der Waals surface area contributed by atoms with Crippen molar-refractivity contribution in [2.24, 2.45) is 0 Å². The second-order valence-corrected chi connectivity index (χ2v) is 5.68. The molecule has 2 aromatic heterocycles. The molecule has 2 heterocycles. The Hall–Kier alpha value is -3.15. The number of carbonyl (C=O) groups excluding carboxylic acids is 1. The number of aryl methyl sites for hydroxylation is 1. The molecule has 116 valence electrons. The average Bonchev–Trinajstić information content (AvgIpc) is 3.16. The van der Waals surface area contributed by atoms with Crippen molar-refractivity contribution in [1.29, 1.82) is 0 Å². The summed E-state index contributed by atoms with van der Waals surface area (Å²) in [7, 11) is 0. The lowest BCUT2D eigenvalue weighted by Gasteiger charge is -2.04. The summed E-state index contributed by atoms with van der Waals surface area (Å²) in [4.78, 5) is 13.5. The third-order valence-corrected chi connectivity index (χ3v) is 3.79. The van der Waals surface area contributed by atoms with Gasteiger partial charge in [-0.25, -0.2) is 4.79 Å². The van der Waals surface area contributed by atoms with Crippen LogP contribution in [0.1, 0.15) is 12.5 Å². The van der Waals surface area contributed by atoms with E-state index in [9.17, 15) is 9.90 Å². The highest BCUT2D eigenvalue weighted by Gasteiger charge is 2.26. The van der Waals surface area contributed by atoms with Crippen molar-refractivity contribution in [2.45, 2.75) is 13.8 Å². The zero-order valence-corrected chi connectivity index (χ0v) is 12.8. The minimum absolute atomic E-state index is 0.213. The van der Waals surface area contributed by atoms with Gasteiger partial charge in [-0.05, 0) is 43.7 Å². The maximum absolute atomic E-state index is 11.6. The van der Waals surface area contributed by atoms with E-state index in [0.29, 0.717) is 17.0 Å². The van der Waals surface area contributed by atoms with Crippen molar-refractivity contribution >= 4 is 17.0 Å². The maximum Gasteiger partial charge on any atom is 0.338 e. The van der Waals surface area contributed by atoms with Gasteiger partial charge in [0.25, 0.3) is 0 Å². The van der Waals surface area contributed by atoms with Crippen molar-refractivity contribution in [3.63, 3.8) is 0 Å². The van der Waals surface area contributed by atoms with Crippen LogP contribution in [0.25, 0.3) is 16.7 Å². The molecule has 0 saturated carbocycles. The first kappa shape index (κ1) is 13.5. The Morgan fingerprint density at radius 1 is 1.13 bits per heavy atom. The van der Waals surface area contributed by atoms with Crippen LogP contribution < -0.4 is 4.74 Å². The van der Waals surface area contributed by atoms with Gasteiger partial charge in [-0.2, -0.15) is 0 Å². The summed E-state index contributed by atoms with van der Waals surface area (Å²) in [5, 5.41) is 10.0. The quantitative estimate of drug-likeness (QED) is 0.359. The summed E-state index contributed by atoms with van der Waals surface area (Å²) in [5.41, 5.74) is 4.03. The second kappa shape index (κ2) is 4.42. The summed E-state index contributed by atoms with van der Waals surface area (Å²) < 4.78 is 9.06. The van der Waals surface area contributed by atoms with E-state index >= 15 is 0 Å². The van der Waals surface area contributed by atoms with Crippen molar-refractivity contribution in [1.82, 2.24) is 14.1 Å². The number of benzene rings is 2.